The molecule has 0 N–H and O–H groups in total. The number of hydrogen-bond acceptors (Lipinski definition) is 1. The smallest absolute Gasteiger partial charge is 0.178 e. The van der Waals surface area contributed by atoms with Gasteiger partial charge < -0.3 is 0 Å². The first-order valence-corrected chi connectivity index (χ1v) is 4.07. The summed E-state index contributed by atoms with van der Waals surface area (Å²) in [6.45, 7) is -3.83. The lowest BCUT2D eigenvalue weighted by Gasteiger charge is -2.38. The molecule has 0 spiro atoms. The summed E-state index contributed by atoms with van der Waals surface area (Å²) in [6.07, 6.45) is -20.3. The molecule has 0 saturated carbocycles. The van der Waals surface area contributed by atoms with Gasteiger partial charge in [-0.3, -0.25) is 0 Å². The summed E-state index contributed by atoms with van der Waals surface area (Å²) in [6, 6.07) is -14.1. The normalized spacial score (nSPS) is 15.9. The van der Waals surface area contributed by atoms with Crippen LogP contribution < -0.4 is 0 Å². The van der Waals surface area contributed by atoms with Crippen LogP contribution in [-0.4, -0.2) is 42.1 Å². The van der Waals surface area contributed by atoms with E-state index in [1.54, 1.807) is 0 Å². The van der Waals surface area contributed by atoms with Gasteiger partial charge in [0.2, 0.25) is 0 Å². The molecule has 0 saturated heterocycles. The zero-order valence-electron chi connectivity index (χ0n) is 8.57. The minimum Gasteiger partial charge on any atom is -0.178 e. The summed E-state index contributed by atoms with van der Waals surface area (Å²) in [7, 11) is 0. The van der Waals surface area contributed by atoms with Crippen LogP contribution in [0.4, 0.5) is 57.1 Å². The van der Waals surface area contributed by atoms with Crippen LogP contribution in [0.25, 0.3) is 0 Å². The van der Waals surface area contributed by atoms with Crippen LogP contribution in [0, 0.1) is 0 Å². The monoisotopic (exact) mass is 335 g/mol. The fourth-order valence-corrected chi connectivity index (χ4v) is 0.860. The van der Waals surface area contributed by atoms with Crippen molar-refractivity contribution in [2.24, 2.45) is 0 Å². The molecule has 0 aromatic carbocycles. The zero-order valence-corrected chi connectivity index (χ0v) is 8.57. The van der Waals surface area contributed by atoms with Crippen molar-refractivity contribution in [2.75, 3.05) is 6.54 Å². The van der Waals surface area contributed by atoms with E-state index in [2.05, 4.69) is 0 Å². The SMILES string of the molecule is FC(F)(F)CN(C(F)(F)C(F)(F)F)C(F)(F)C(F)(F)F. The van der Waals surface area contributed by atoms with Gasteiger partial charge in [-0.15, -0.1) is 0 Å². The van der Waals surface area contributed by atoms with Gasteiger partial charge in [0.25, 0.3) is 0 Å². The quantitative estimate of drug-likeness (QED) is 0.553. The van der Waals surface area contributed by atoms with E-state index < -0.39 is 42.1 Å². The van der Waals surface area contributed by atoms with Gasteiger partial charge in [0, 0.05) is 0 Å². The molecule has 0 aliphatic heterocycles. The van der Waals surface area contributed by atoms with Gasteiger partial charge in [-0.05, 0) is 0 Å². The van der Waals surface area contributed by atoms with E-state index in [4.69, 9.17) is 0 Å². The van der Waals surface area contributed by atoms with Gasteiger partial charge in [-0.1, -0.05) is 0 Å². The topological polar surface area (TPSA) is 3.24 Å². The molecular formula is C6H2F13N. The van der Waals surface area contributed by atoms with Gasteiger partial charge >= 0.3 is 30.6 Å². The molecule has 0 radical (unpaired) electrons. The van der Waals surface area contributed by atoms with Crippen molar-refractivity contribution in [3.63, 3.8) is 0 Å². The van der Waals surface area contributed by atoms with E-state index in [0.717, 1.165) is 0 Å². The van der Waals surface area contributed by atoms with E-state index in [9.17, 15) is 57.1 Å². The van der Waals surface area contributed by atoms with Crippen molar-refractivity contribution in [1.82, 2.24) is 4.90 Å². The van der Waals surface area contributed by atoms with Crippen molar-refractivity contribution >= 4 is 0 Å². The fourth-order valence-electron chi connectivity index (χ4n) is 0.860. The van der Waals surface area contributed by atoms with E-state index in [1.807, 2.05) is 0 Å². The Kier molecular flexibility index (Phi) is 4.58. The average Bonchev–Trinajstić information content (AvgIpc) is 2.08. The fraction of sp³-hybridized carbons (Fsp3) is 1.00. The second kappa shape index (κ2) is 4.80. The van der Waals surface area contributed by atoms with Crippen LogP contribution in [0.5, 0.6) is 0 Å². The lowest BCUT2D eigenvalue weighted by atomic mass is 10.3. The zero-order chi connectivity index (χ0) is 16.8. The van der Waals surface area contributed by atoms with Gasteiger partial charge in [0.05, 0.1) is 0 Å². The molecule has 122 valence electrons. The summed E-state index contributed by atoms with van der Waals surface area (Å²) in [5, 5.41) is 0. The summed E-state index contributed by atoms with van der Waals surface area (Å²) in [5.74, 6) is 0. The molecule has 0 amide bonds. The highest BCUT2D eigenvalue weighted by atomic mass is 19.4. The lowest BCUT2D eigenvalue weighted by Crippen LogP contribution is -2.66. The van der Waals surface area contributed by atoms with Crippen molar-refractivity contribution in [2.45, 2.75) is 30.6 Å². The molecule has 1 nitrogen and oxygen atoms in total. The number of rotatable bonds is 3. The molecule has 0 bridgehead atoms. The molecule has 14 heteroatoms. The second-order valence-corrected chi connectivity index (χ2v) is 3.28. The molecule has 0 heterocycles. The Labute approximate surface area is 100 Å². The maximum absolute atomic E-state index is 12.5. The van der Waals surface area contributed by atoms with Crippen molar-refractivity contribution in [1.29, 1.82) is 0 Å². The molecule has 0 aromatic heterocycles. The largest absolute Gasteiger partial charge is 0.469 e. The van der Waals surface area contributed by atoms with Crippen LogP contribution in [0.1, 0.15) is 0 Å². The van der Waals surface area contributed by atoms with Gasteiger partial charge in [-0.2, -0.15) is 62.0 Å². The van der Waals surface area contributed by atoms with Crippen LogP contribution in [0.15, 0.2) is 0 Å². The van der Waals surface area contributed by atoms with Crippen LogP contribution in [0.3, 0.4) is 0 Å². The Morgan fingerprint density at radius 2 is 0.750 bits per heavy atom. The molecular weight excluding hydrogens is 333 g/mol. The highest BCUT2D eigenvalue weighted by molar-refractivity contribution is 4.88. The molecule has 20 heavy (non-hydrogen) atoms. The third-order valence-corrected chi connectivity index (χ3v) is 1.70. The van der Waals surface area contributed by atoms with Crippen LogP contribution in [0.2, 0.25) is 0 Å². The van der Waals surface area contributed by atoms with Crippen LogP contribution in [-0.2, 0) is 0 Å². The predicted octanol–water partition coefficient (Wildman–Crippen LogP) is 4.16. The predicted molar refractivity (Wildman–Crippen MR) is 34.8 cm³/mol. The first-order chi connectivity index (χ1) is 8.34. The van der Waals surface area contributed by atoms with Crippen LogP contribution >= 0.6 is 0 Å². The summed E-state index contributed by atoms with van der Waals surface area (Å²) in [4.78, 5) is -3.29. The van der Waals surface area contributed by atoms with Crippen molar-refractivity contribution < 1.29 is 57.1 Å². The average molecular weight is 335 g/mol. The Bertz CT molecular complexity index is 306. The van der Waals surface area contributed by atoms with E-state index in [-0.39, 0.29) is 0 Å². The first-order valence-electron chi connectivity index (χ1n) is 4.07. The van der Waals surface area contributed by atoms with Crippen molar-refractivity contribution in [3.8, 4) is 0 Å². The molecule has 0 aliphatic rings. The number of halogens is 13. The highest BCUT2D eigenvalue weighted by Gasteiger charge is 2.75. The molecule has 0 rings (SSSR count). The van der Waals surface area contributed by atoms with E-state index in [1.165, 1.54) is 0 Å². The number of alkyl halides is 13. The van der Waals surface area contributed by atoms with E-state index >= 15 is 0 Å². The Morgan fingerprint density at radius 3 is 0.900 bits per heavy atom. The highest BCUT2D eigenvalue weighted by Crippen LogP contribution is 2.49. The third kappa shape index (κ3) is 3.79. The minimum absolute atomic E-state index is 3.29. The summed E-state index contributed by atoms with van der Waals surface area (Å²) >= 11 is 0. The molecule has 0 aromatic rings. The van der Waals surface area contributed by atoms with Gasteiger partial charge in [0.1, 0.15) is 6.54 Å². The molecule has 0 fully saturated rings. The minimum atomic E-state index is -7.08. The van der Waals surface area contributed by atoms with E-state index in [0.29, 0.717) is 0 Å². The van der Waals surface area contributed by atoms with Crippen molar-refractivity contribution in [3.05, 3.63) is 0 Å². The maximum Gasteiger partial charge on any atom is 0.469 e. The molecule has 0 unspecified atom stereocenters. The number of nitrogens with zero attached hydrogens (tertiary/aromatic N) is 1. The Hall–Kier alpha value is -0.950. The lowest BCUT2D eigenvalue weighted by molar-refractivity contribution is -0.440. The second-order valence-electron chi connectivity index (χ2n) is 3.28. The Balaban J connectivity index is 5.89. The van der Waals surface area contributed by atoms with Gasteiger partial charge in [0.15, 0.2) is 0 Å². The summed E-state index contributed by atoms with van der Waals surface area (Å²) < 4.78 is 155. The first kappa shape index (κ1) is 19.1. The standard InChI is InChI=1S/C6H2F13N/c7-2(8,9)1-20(5(16,17)3(10,11)12)6(18,19)4(13,14)15/h1H2. The maximum atomic E-state index is 12.5. The third-order valence-electron chi connectivity index (χ3n) is 1.70. The number of hydrogen-bond donors (Lipinski definition) is 0. The Morgan fingerprint density at radius 1 is 0.500 bits per heavy atom. The molecule has 0 atom stereocenters. The van der Waals surface area contributed by atoms with Gasteiger partial charge in [-0.25, -0.2) is 0 Å². The molecule has 0 aliphatic carbocycles. The summed E-state index contributed by atoms with van der Waals surface area (Å²) in [5.41, 5.74) is 0.